The van der Waals surface area contributed by atoms with Gasteiger partial charge in [0.05, 0.1) is 16.0 Å². The molecule has 2 fully saturated rings. The van der Waals surface area contributed by atoms with Crippen molar-refractivity contribution in [3.05, 3.63) is 29.3 Å². The molecule has 2 aliphatic rings. The molecule has 4 rings (SSSR count). The molecule has 2 aromatic rings. The number of piperidine rings is 1. The predicted octanol–water partition coefficient (Wildman–Crippen LogP) is 1.89. The Bertz CT molecular complexity index is 783. The summed E-state index contributed by atoms with van der Waals surface area (Å²) in [7, 11) is 1.85. The Morgan fingerprint density at radius 1 is 1.42 bits per heavy atom. The molecule has 24 heavy (non-hydrogen) atoms. The topological polar surface area (TPSA) is 67.2 Å². The van der Waals surface area contributed by atoms with Crippen molar-refractivity contribution in [3.63, 3.8) is 0 Å². The molecule has 2 saturated heterocycles. The van der Waals surface area contributed by atoms with Gasteiger partial charge in [-0.15, -0.1) is 11.3 Å². The van der Waals surface area contributed by atoms with E-state index >= 15 is 0 Å². The average Bonchev–Trinajstić information content (AvgIpc) is 3.30. The van der Waals surface area contributed by atoms with Gasteiger partial charge in [0.25, 0.3) is 5.91 Å². The van der Waals surface area contributed by atoms with Gasteiger partial charge in [0.1, 0.15) is 0 Å². The summed E-state index contributed by atoms with van der Waals surface area (Å²) in [6.07, 6.45) is 2.60. The lowest BCUT2D eigenvalue weighted by Gasteiger charge is -2.31. The van der Waals surface area contributed by atoms with Gasteiger partial charge in [0.2, 0.25) is 5.91 Å². The maximum Gasteiger partial charge on any atom is 0.274 e. The largest absolute Gasteiger partial charge is 0.356 e. The van der Waals surface area contributed by atoms with Crippen LogP contribution in [0.3, 0.4) is 0 Å². The van der Waals surface area contributed by atoms with E-state index in [0.717, 1.165) is 36.4 Å². The lowest BCUT2D eigenvalue weighted by Crippen LogP contribution is -2.47. The van der Waals surface area contributed by atoms with Gasteiger partial charge in [0, 0.05) is 26.7 Å². The number of rotatable bonds is 2. The van der Waals surface area contributed by atoms with Gasteiger partial charge in [-0.2, -0.15) is 5.10 Å². The van der Waals surface area contributed by atoms with Crippen molar-refractivity contribution in [1.29, 1.82) is 0 Å². The van der Waals surface area contributed by atoms with E-state index in [9.17, 15) is 9.59 Å². The first kappa shape index (κ1) is 15.4. The van der Waals surface area contributed by atoms with E-state index in [0.29, 0.717) is 18.8 Å². The fourth-order valence-corrected chi connectivity index (χ4v) is 4.53. The maximum absolute atomic E-state index is 12.8. The summed E-state index contributed by atoms with van der Waals surface area (Å²) in [5, 5.41) is 9.36. The molecule has 0 bridgehead atoms. The SMILES string of the molecule is Cn1nc(C(=O)N2CC[C@@]3(CCCNC3=O)C2)cc1-c1cccs1. The van der Waals surface area contributed by atoms with Gasteiger partial charge in [-0.3, -0.25) is 14.3 Å². The number of likely N-dealkylation sites (tertiary alicyclic amines) is 1. The molecule has 1 atom stereocenters. The molecule has 6 nitrogen and oxygen atoms in total. The molecule has 126 valence electrons. The van der Waals surface area contributed by atoms with Crippen molar-refractivity contribution in [2.75, 3.05) is 19.6 Å². The highest BCUT2D eigenvalue weighted by atomic mass is 32.1. The van der Waals surface area contributed by atoms with Crippen LogP contribution in [0.4, 0.5) is 0 Å². The Labute approximate surface area is 144 Å². The fourth-order valence-electron chi connectivity index (χ4n) is 3.75. The molecule has 2 amide bonds. The summed E-state index contributed by atoms with van der Waals surface area (Å²) >= 11 is 1.63. The van der Waals surface area contributed by atoms with E-state index in [-0.39, 0.29) is 17.2 Å². The number of nitrogens with one attached hydrogen (secondary N) is 1. The lowest BCUT2D eigenvalue weighted by molar-refractivity contribution is -0.132. The molecule has 0 unspecified atom stereocenters. The van der Waals surface area contributed by atoms with Crippen LogP contribution >= 0.6 is 11.3 Å². The van der Waals surface area contributed by atoms with E-state index in [1.807, 2.05) is 30.6 Å². The molecule has 0 aliphatic carbocycles. The monoisotopic (exact) mass is 344 g/mol. The predicted molar refractivity (Wildman–Crippen MR) is 91.7 cm³/mol. The first-order valence-corrected chi connectivity index (χ1v) is 9.13. The minimum atomic E-state index is -0.390. The number of hydrogen-bond donors (Lipinski definition) is 1. The standard InChI is InChI=1S/C17H20N4O2S/c1-20-13(14-4-2-9-24-14)10-12(19-20)15(22)21-8-6-17(11-21)5-3-7-18-16(17)23/h2,4,9-10H,3,5-8,11H2,1H3,(H,18,23)/t17-/m0/s1. The van der Waals surface area contributed by atoms with Gasteiger partial charge >= 0.3 is 0 Å². The summed E-state index contributed by atoms with van der Waals surface area (Å²) in [6.45, 7) is 1.87. The zero-order chi connectivity index (χ0) is 16.7. The van der Waals surface area contributed by atoms with Crippen molar-refractivity contribution < 1.29 is 9.59 Å². The Morgan fingerprint density at radius 2 is 2.29 bits per heavy atom. The van der Waals surface area contributed by atoms with Gasteiger partial charge in [-0.25, -0.2) is 0 Å². The highest BCUT2D eigenvalue weighted by Gasteiger charge is 2.47. The Balaban J connectivity index is 1.55. The third kappa shape index (κ3) is 2.43. The highest BCUT2D eigenvalue weighted by molar-refractivity contribution is 7.13. The van der Waals surface area contributed by atoms with E-state index in [1.54, 1.807) is 20.9 Å². The van der Waals surface area contributed by atoms with Crippen LogP contribution in [0.5, 0.6) is 0 Å². The van der Waals surface area contributed by atoms with E-state index in [2.05, 4.69) is 10.4 Å². The van der Waals surface area contributed by atoms with Crippen LogP contribution in [0.15, 0.2) is 23.6 Å². The number of thiophene rings is 1. The smallest absolute Gasteiger partial charge is 0.274 e. The van der Waals surface area contributed by atoms with Crippen molar-refractivity contribution in [2.45, 2.75) is 19.3 Å². The molecule has 1 N–H and O–H groups in total. The summed E-state index contributed by atoms with van der Waals surface area (Å²) in [5.41, 5.74) is 1.01. The number of carbonyl (C=O) groups is 2. The normalized spacial score (nSPS) is 23.7. The molecule has 4 heterocycles. The second-order valence-electron chi connectivity index (χ2n) is 6.63. The van der Waals surface area contributed by atoms with Crippen LogP contribution in [0, 0.1) is 5.41 Å². The molecule has 2 aromatic heterocycles. The molecule has 7 heteroatoms. The van der Waals surface area contributed by atoms with E-state index in [1.165, 1.54) is 0 Å². The van der Waals surface area contributed by atoms with Gasteiger partial charge in [0.15, 0.2) is 5.69 Å². The number of aromatic nitrogens is 2. The maximum atomic E-state index is 12.8. The van der Waals surface area contributed by atoms with Gasteiger partial charge < -0.3 is 10.2 Å². The molecule has 2 aliphatic heterocycles. The second-order valence-corrected chi connectivity index (χ2v) is 7.58. The molecular formula is C17H20N4O2S. The molecule has 0 saturated carbocycles. The Kier molecular flexibility index (Phi) is 3.68. The van der Waals surface area contributed by atoms with Crippen molar-refractivity contribution in [3.8, 4) is 10.6 Å². The first-order chi connectivity index (χ1) is 11.6. The summed E-state index contributed by atoms with van der Waals surface area (Å²) in [6, 6.07) is 5.85. The third-order valence-corrected chi connectivity index (χ3v) is 6.01. The Hall–Kier alpha value is -2.15. The van der Waals surface area contributed by atoms with Crippen molar-refractivity contribution in [2.24, 2.45) is 12.5 Å². The summed E-state index contributed by atoms with van der Waals surface area (Å²) < 4.78 is 1.75. The van der Waals surface area contributed by atoms with Crippen LogP contribution in [0.25, 0.3) is 10.6 Å². The number of amides is 2. The number of aryl methyl sites for hydroxylation is 1. The second kappa shape index (κ2) is 5.73. The van der Waals surface area contributed by atoms with Crippen LogP contribution in [0.2, 0.25) is 0 Å². The molecule has 1 spiro atoms. The van der Waals surface area contributed by atoms with E-state index < -0.39 is 0 Å². The molecule has 0 aromatic carbocycles. The highest BCUT2D eigenvalue weighted by Crippen LogP contribution is 2.38. The van der Waals surface area contributed by atoms with Gasteiger partial charge in [-0.1, -0.05) is 6.07 Å². The zero-order valence-electron chi connectivity index (χ0n) is 13.6. The molecular weight excluding hydrogens is 324 g/mol. The fraction of sp³-hybridized carbons (Fsp3) is 0.471. The van der Waals surface area contributed by atoms with Crippen molar-refractivity contribution >= 4 is 23.2 Å². The summed E-state index contributed by atoms with van der Waals surface area (Å²) in [5.74, 6) is 0.0213. The lowest BCUT2D eigenvalue weighted by atomic mass is 9.79. The van der Waals surface area contributed by atoms with Gasteiger partial charge in [-0.05, 0) is 36.8 Å². The number of hydrogen-bond acceptors (Lipinski definition) is 4. The first-order valence-electron chi connectivity index (χ1n) is 8.25. The Morgan fingerprint density at radius 3 is 3.04 bits per heavy atom. The average molecular weight is 344 g/mol. The van der Waals surface area contributed by atoms with Crippen LogP contribution < -0.4 is 5.32 Å². The van der Waals surface area contributed by atoms with Crippen LogP contribution in [-0.2, 0) is 11.8 Å². The molecule has 0 radical (unpaired) electrons. The number of nitrogens with zero attached hydrogens (tertiary/aromatic N) is 3. The van der Waals surface area contributed by atoms with Crippen LogP contribution in [-0.4, -0.2) is 46.1 Å². The zero-order valence-corrected chi connectivity index (χ0v) is 14.4. The minimum Gasteiger partial charge on any atom is -0.356 e. The third-order valence-electron chi connectivity index (χ3n) is 5.11. The quantitative estimate of drug-likeness (QED) is 0.905. The van der Waals surface area contributed by atoms with Crippen molar-refractivity contribution in [1.82, 2.24) is 20.0 Å². The minimum absolute atomic E-state index is 0.0799. The van der Waals surface area contributed by atoms with E-state index in [4.69, 9.17) is 0 Å². The summed E-state index contributed by atoms with van der Waals surface area (Å²) in [4.78, 5) is 28.0. The van der Waals surface area contributed by atoms with Crippen LogP contribution in [0.1, 0.15) is 29.8 Å². The number of carbonyl (C=O) groups excluding carboxylic acids is 2.